The van der Waals surface area contributed by atoms with Crippen molar-refractivity contribution in [3.63, 3.8) is 0 Å². The summed E-state index contributed by atoms with van der Waals surface area (Å²) in [4.78, 5) is 26.3. The van der Waals surface area contributed by atoms with Crippen molar-refractivity contribution in [3.8, 4) is 50.5 Å². The van der Waals surface area contributed by atoms with Crippen molar-refractivity contribution in [1.29, 1.82) is 10.5 Å². The van der Waals surface area contributed by atoms with Crippen LogP contribution in [0.2, 0.25) is 0 Å². The van der Waals surface area contributed by atoms with Gasteiger partial charge in [-0.25, -0.2) is 24.9 Å². The van der Waals surface area contributed by atoms with E-state index in [4.69, 9.17) is 24.4 Å². The van der Waals surface area contributed by atoms with Gasteiger partial charge in [0.25, 0.3) is 0 Å². The van der Waals surface area contributed by atoms with Crippen LogP contribution in [0.4, 0.5) is 17.1 Å². The molecule has 0 N–H and O–H groups in total. The molecule has 0 fully saturated rings. The molecule has 0 saturated carbocycles. The van der Waals surface area contributed by atoms with E-state index in [-0.39, 0.29) is 22.7 Å². The van der Waals surface area contributed by atoms with Crippen LogP contribution in [0.15, 0.2) is 84.9 Å². The number of para-hydroxylation sites is 4. The van der Waals surface area contributed by atoms with Gasteiger partial charge in [-0.05, 0) is 66.9 Å². The predicted octanol–water partition coefficient (Wildman–Crippen LogP) is 9.95. The molecule has 7 aromatic rings. The third-order valence-electron chi connectivity index (χ3n) is 8.74. The Morgan fingerprint density at radius 2 is 1.37 bits per heavy atom. The fourth-order valence-corrected chi connectivity index (χ4v) is 7.23. The minimum Gasteiger partial charge on any atom is -0.477 e. The van der Waals surface area contributed by atoms with Crippen LogP contribution in [-0.4, -0.2) is 31.5 Å². The van der Waals surface area contributed by atoms with Gasteiger partial charge in [0.05, 0.1) is 28.4 Å². The highest BCUT2D eigenvalue weighted by Crippen LogP contribution is 2.50. The fourth-order valence-electron chi connectivity index (χ4n) is 6.19. The van der Waals surface area contributed by atoms with Crippen LogP contribution in [-0.2, 0) is 0 Å². The molecule has 0 radical (unpaired) electrons. The van der Waals surface area contributed by atoms with Crippen molar-refractivity contribution < 1.29 is 9.47 Å². The molecule has 8 rings (SSSR count). The zero-order valence-electron chi connectivity index (χ0n) is 27.9. The number of hydrogen-bond donors (Lipinski definition) is 0. The van der Waals surface area contributed by atoms with Crippen molar-refractivity contribution in [1.82, 2.24) is 24.9 Å². The number of unbranched alkanes of at least 4 members (excludes halogenated alkanes) is 3. The molecule has 0 unspecified atom stereocenters. The van der Waals surface area contributed by atoms with E-state index in [1.165, 1.54) is 11.3 Å². The number of thiazole rings is 1. The summed E-state index contributed by atoms with van der Waals surface area (Å²) >= 11 is 1.52. The lowest BCUT2D eigenvalue weighted by Gasteiger charge is -2.32. The van der Waals surface area contributed by atoms with Crippen molar-refractivity contribution in [2.45, 2.75) is 39.5 Å². The number of fused-ring (bicyclic) bond motifs is 4. The lowest BCUT2D eigenvalue weighted by atomic mass is 10.1. The molecule has 248 valence electrons. The maximum Gasteiger partial charge on any atom is 0.233 e. The van der Waals surface area contributed by atoms with Crippen LogP contribution in [0.1, 0.15) is 49.6 Å². The van der Waals surface area contributed by atoms with E-state index in [2.05, 4.69) is 58.2 Å². The van der Waals surface area contributed by atoms with Gasteiger partial charge >= 0.3 is 0 Å². The molecule has 0 amide bonds. The molecule has 1 aliphatic rings. The first-order valence-electron chi connectivity index (χ1n) is 16.8. The highest BCUT2D eigenvalue weighted by atomic mass is 32.1. The third-order valence-corrected chi connectivity index (χ3v) is 9.86. The van der Waals surface area contributed by atoms with E-state index >= 15 is 0 Å². The number of anilines is 3. The van der Waals surface area contributed by atoms with Crippen molar-refractivity contribution >= 4 is 50.7 Å². The lowest BCUT2D eigenvalue weighted by molar-refractivity contribution is 0.297. The molecule has 3 aromatic heterocycles. The Bertz CT molecular complexity index is 2490. The topological polar surface area (TPSA) is 134 Å². The Kier molecular flexibility index (Phi) is 8.40. The highest BCUT2D eigenvalue weighted by Gasteiger charge is 2.26. The Morgan fingerprint density at radius 1 is 0.725 bits per heavy atom. The molecular formula is C40H30N8O2S. The average Bonchev–Trinajstić information content (AvgIpc) is 3.59. The average molecular weight is 687 g/mol. The summed E-state index contributed by atoms with van der Waals surface area (Å²) in [6.07, 6.45) is 4.32. The van der Waals surface area contributed by atoms with Gasteiger partial charge in [-0.1, -0.05) is 68.7 Å². The maximum absolute atomic E-state index is 9.55. The van der Waals surface area contributed by atoms with Crippen LogP contribution in [0, 0.1) is 29.6 Å². The van der Waals surface area contributed by atoms with E-state index in [1.54, 1.807) is 0 Å². The van der Waals surface area contributed by atoms with Gasteiger partial charge in [-0.2, -0.15) is 10.5 Å². The fraction of sp³-hybridized carbons (Fsp3) is 0.175. The lowest BCUT2D eigenvalue weighted by Crippen LogP contribution is -2.15. The number of ether oxygens (including phenoxy) is 2. The van der Waals surface area contributed by atoms with Crippen molar-refractivity contribution in [2.24, 2.45) is 0 Å². The summed E-state index contributed by atoms with van der Waals surface area (Å²) in [5, 5.41) is 19.7. The minimum atomic E-state index is -0.0874. The first kappa shape index (κ1) is 31.8. The number of benzene rings is 4. The summed E-state index contributed by atoms with van der Waals surface area (Å²) in [5.41, 5.74) is 7.00. The standard InChI is InChI=1S/C40H30N8O2S/c1-3-4-5-10-21-49-39-36(25-16-18-26(19-17-25)48-30-11-6-8-13-32(30)50-33-14-9-7-12-31(33)48)51-40(47-39)27-20-15-24(2)34-35(27)46-38-37(45-34)43-28(22-41)29(23-42)44-38/h6-9,11-20H,3-5,10,21H2,1-2H3. The number of aromatic nitrogens is 5. The van der Waals surface area contributed by atoms with Gasteiger partial charge in [0.2, 0.25) is 5.88 Å². The van der Waals surface area contributed by atoms with E-state index < -0.39 is 0 Å². The van der Waals surface area contributed by atoms with Gasteiger partial charge in [0, 0.05) is 11.3 Å². The van der Waals surface area contributed by atoms with E-state index in [0.717, 1.165) is 80.8 Å². The number of aryl methyl sites for hydroxylation is 1. The molecule has 4 heterocycles. The molecule has 0 bridgehead atoms. The highest BCUT2D eigenvalue weighted by molar-refractivity contribution is 7.18. The van der Waals surface area contributed by atoms with Gasteiger partial charge in [-0.3, -0.25) is 0 Å². The largest absolute Gasteiger partial charge is 0.477 e. The minimum absolute atomic E-state index is 0.0780. The monoisotopic (exact) mass is 686 g/mol. The van der Waals surface area contributed by atoms with Gasteiger partial charge in [0.1, 0.15) is 22.7 Å². The van der Waals surface area contributed by atoms with Gasteiger partial charge in [0.15, 0.2) is 34.2 Å². The summed E-state index contributed by atoms with van der Waals surface area (Å²) in [5.74, 6) is 2.16. The Hall–Kier alpha value is -6.43. The van der Waals surface area contributed by atoms with Gasteiger partial charge in [-0.15, -0.1) is 11.3 Å². The Balaban J connectivity index is 1.21. The maximum atomic E-state index is 9.55. The number of nitriles is 2. The Labute approximate surface area is 298 Å². The molecule has 10 nitrogen and oxygen atoms in total. The van der Waals surface area contributed by atoms with Crippen LogP contribution in [0.5, 0.6) is 17.4 Å². The van der Waals surface area contributed by atoms with E-state index in [1.807, 2.05) is 67.6 Å². The molecule has 0 atom stereocenters. The summed E-state index contributed by atoms with van der Waals surface area (Å²) in [6, 6.07) is 32.3. The third kappa shape index (κ3) is 5.84. The second-order valence-electron chi connectivity index (χ2n) is 12.1. The molecular weight excluding hydrogens is 657 g/mol. The Morgan fingerprint density at radius 3 is 2.02 bits per heavy atom. The molecule has 11 heteroatoms. The van der Waals surface area contributed by atoms with Crippen LogP contribution >= 0.6 is 11.3 Å². The van der Waals surface area contributed by atoms with Crippen LogP contribution in [0.25, 0.3) is 43.3 Å². The second kappa shape index (κ2) is 13.5. The van der Waals surface area contributed by atoms with Crippen LogP contribution < -0.4 is 14.4 Å². The normalized spacial score (nSPS) is 11.8. The quantitative estimate of drug-likeness (QED) is 0.107. The molecule has 4 aromatic carbocycles. The van der Waals surface area contributed by atoms with Gasteiger partial charge < -0.3 is 14.4 Å². The predicted molar refractivity (Wildman–Crippen MR) is 198 cm³/mol. The number of rotatable bonds is 9. The van der Waals surface area contributed by atoms with E-state index in [9.17, 15) is 10.5 Å². The summed E-state index contributed by atoms with van der Waals surface area (Å²) in [6.45, 7) is 4.69. The smallest absolute Gasteiger partial charge is 0.233 e. The number of nitrogens with zero attached hydrogens (tertiary/aromatic N) is 8. The first-order valence-corrected chi connectivity index (χ1v) is 17.6. The zero-order valence-corrected chi connectivity index (χ0v) is 28.7. The zero-order chi connectivity index (χ0) is 34.9. The molecule has 0 aliphatic carbocycles. The summed E-state index contributed by atoms with van der Waals surface area (Å²) < 4.78 is 12.6. The van der Waals surface area contributed by atoms with E-state index in [0.29, 0.717) is 23.5 Å². The molecule has 0 spiro atoms. The molecule has 51 heavy (non-hydrogen) atoms. The van der Waals surface area contributed by atoms with Crippen molar-refractivity contribution in [2.75, 3.05) is 11.5 Å². The number of hydrogen-bond acceptors (Lipinski definition) is 11. The van der Waals surface area contributed by atoms with Crippen molar-refractivity contribution in [3.05, 3.63) is 102 Å². The SMILES string of the molecule is CCCCCCOc1nc(-c2ccc(C)c3nc4nc(C#N)c(C#N)nc4nc23)sc1-c1ccc(N2c3ccccc3Oc3ccccc32)cc1. The van der Waals surface area contributed by atoms with Crippen LogP contribution in [0.3, 0.4) is 0 Å². The molecule has 1 aliphatic heterocycles. The summed E-state index contributed by atoms with van der Waals surface area (Å²) in [7, 11) is 0. The second-order valence-corrected chi connectivity index (χ2v) is 13.1. The molecule has 0 saturated heterocycles. The first-order chi connectivity index (χ1) is 25.1.